The first-order chi connectivity index (χ1) is 8.83. The molecule has 0 radical (unpaired) electrons. The molecule has 2 fully saturated rings. The SMILES string of the molecule is Nc1ccc(N2CCC(N3CCCCC3)C2)cc1. The fourth-order valence-electron chi connectivity index (χ4n) is 3.24. The quantitative estimate of drug-likeness (QED) is 0.812. The van der Waals surface area contributed by atoms with Crippen molar-refractivity contribution in [2.45, 2.75) is 31.7 Å². The maximum absolute atomic E-state index is 5.74. The Kier molecular flexibility index (Phi) is 3.41. The van der Waals surface area contributed by atoms with E-state index in [1.54, 1.807) is 0 Å². The molecule has 0 bridgehead atoms. The number of benzene rings is 1. The molecule has 3 rings (SSSR count). The van der Waals surface area contributed by atoms with Gasteiger partial charge in [0.2, 0.25) is 0 Å². The summed E-state index contributed by atoms with van der Waals surface area (Å²) in [5, 5.41) is 0. The van der Waals surface area contributed by atoms with Crippen LogP contribution in [-0.4, -0.2) is 37.1 Å². The predicted molar refractivity (Wildman–Crippen MR) is 76.9 cm³/mol. The second kappa shape index (κ2) is 5.19. The number of piperidine rings is 1. The van der Waals surface area contributed by atoms with Gasteiger partial charge in [-0.2, -0.15) is 0 Å². The average molecular weight is 245 g/mol. The van der Waals surface area contributed by atoms with Crippen molar-refractivity contribution in [3.63, 3.8) is 0 Å². The fraction of sp³-hybridized carbons (Fsp3) is 0.600. The van der Waals surface area contributed by atoms with Gasteiger partial charge < -0.3 is 10.6 Å². The number of nitrogen functional groups attached to an aromatic ring is 1. The van der Waals surface area contributed by atoms with Crippen LogP contribution in [-0.2, 0) is 0 Å². The number of likely N-dealkylation sites (tertiary alicyclic amines) is 1. The molecule has 0 aromatic heterocycles. The van der Waals surface area contributed by atoms with Crippen LogP contribution in [0.15, 0.2) is 24.3 Å². The molecule has 1 aromatic rings. The van der Waals surface area contributed by atoms with Crippen molar-refractivity contribution < 1.29 is 0 Å². The molecule has 2 aliphatic heterocycles. The minimum atomic E-state index is 0.767. The Labute approximate surface area is 110 Å². The summed E-state index contributed by atoms with van der Waals surface area (Å²) in [6.45, 7) is 4.98. The highest BCUT2D eigenvalue weighted by atomic mass is 15.3. The average Bonchev–Trinajstić information content (AvgIpc) is 2.90. The minimum absolute atomic E-state index is 0.767. The van der Waals surface area contributed by atoms with E-state index in [-0.39, 0.29) is 0 Å². The molecule has 0 aliphatic carbocycles. The second-order valence-corrected chi connectivity index (χ2v) is 5.58. The van der Waals surface area contributed by atoms with Crippen LogP contribution in [0.25, 0.3) is 0 Å². The topological polar surface area (TPSA) is 32.5 Å². The maximum Gasteiger partial charge on any atom is 0.0368 e. The van der Waals surface area contributed by atoms with Crippen LogP contribution in [0.4, 0.5) is 11.4 Å². The Hall–Kier alpha value is -1.22. The third kappa shape index (κ3) is 2.46. The van der Waals surface area contributed by atoms with E-state index in [0.29, 0.717) is 0 Å². The summed E-state index contributed by atoms with van der Waals surface area (Å²) in [6, 6.07) is 9.07. The molecule has 2 aliphatic rings. The van der Waals surface area contributed by atoms with E-state index >= 15 is 0 Å². The number of anilines is 2. The Balaban J connectivity index is 1.62. The lowest BCUT2D eigenvalue weighted by Crippen LogP contribution is -2.40. The molecule has 1 atom stereocenters. The lowest BCUT2D eigenvalue weighted by Gasteiger charge is -2.32. The van der Waals surface area contributed by atoms with Crippen LogP contribution in [0.3, 0.4) is 0 Å². The molecule has 98 valence electrons. The van der Waals surface area contributed by atoms with Crippen LogP contribution in [0, 0.1) is 0 Å². The first-order valence-electron chi connectivity index (χ1n) is 7.17. The molecule has 0 spiro atoms. The first-order valence-corrected chi connectivity index (χ1v) is 7.17. The number of nitrogens with zero attached hydrogens (tertiary/aromatic N) is 2. The third-order valence-corrected chi connectivity index (χ3v) is 4.33. The van der Waals surface area contributed by atoms with Crippen LogP contribution >= 0.6 is 0 Å². The predicted octanol–water partition coefficient (Wildman–Crippen LogP) is 2.33. The second-order valence-electron chi connectivity index (χ2n) is 5.58. The van der Waals surface area contributed by atoms with Gasteiger partial charge in [-0.15, -0.1) is 0 Å². The van der Waals surface area contributed by atoms with Crippen molar-refractivity contribution in [2.24, 2.45) is 0 Å². The van der Waals surface area contributed by atoms with Gasteiger partial charge in [0, 0.05) is 30.5 Å². The summed E-state index contributed by atoms with van der Waals surface area (Å²) in [5.74, 6) is 0. The molecular weight excluding hydrogens is 222 g/mol. The largest absolute Gasteiger partial charge is 0.399 e. The van der Waals surface area contributed by atoms with Crippen molar-refractivity contribution in [1.29, 1.82) is 0 Å². The van der Waals surface area contributed by atoms with Gasteiger partial charge in [-0.1, -0.05) is 6.42 Å². The normalized spacial score (nSPS) is 25.6. The number of hydrogen-bond donors (Lipinski definition) is 1. The van der Waals surface area contributed by atoms with E-state index in [1.807, 2.05) is 12.1 Å². The molecule has 2 N–H and O–H groups in total. The lowest BCUT2D eigenvalue weighted by molar-refractivity contribution is 0.175. The molecule has 2 heterocycles. The summed E-state index contributed by atoms with van der Waals surface area (Å²) in [4.78, 5) is 5.19. The zero-order valence-corrected chi connectivity index (χ0v) is 11.0. The van der Waals surface area contributed by atoms with E-state index in [0.717, 1.165) is 11.7 Å². The van der Waals surface area contributed by atoms with E-state index in [9.17, 15) is 0 Å². The van der Waals surface area contributed by atoms with Gasteiger partial charge in [0.1, 0.15) is 0 Å². The van der Waals surface area contributed by atoms with Gasteiger partial charge in [-0.25, -0.2) is 0 Å². The Morgan fingerprint density at radius 2 is 1.67 bits per heavy atom. The first kappa shape index (κ1) is 11.8. The molecule has 1 aromatic carbocycles. The monoisotopic (exact) mass is 245 g/mol. The van der Waals surface area contributed by atoms with Crippen molar-refractivity contribution in [3.8, 4) is 0 Å². The molecule has 0 amide bonds. The van der Waals surface area contributed by atoms with Crippen molar-refractivity contribution >= 4 is 11.4 Å². The van der Waals surface area contributed by atoms with Crippen molar-refractivity contribution in [1.82, 2.24) is 4.90 Å². The standard InChI is InChI=1S/C15H23N3/c16-13-4-6-14(7-5-13)18-11-8-15(12-18)17-9-2-1-3-10-17/h4-7,15H,1-3,8-12,16H2. The smallest absolute Gasteiger partial charge is 0.0368 e. The highest BCUT2D eigenvalue weighted by Gasteiger charge is 2.28. The molecular formula is C15H23N3. The summed E-state index contributed by atoms with van der Waals surface area (Å²) >= 11 is 0. The van der Waals surface area contributed by atoms with Gasteiger partial charge in [0.15, 0.2) is 0 Å². The van der Waals surface area contributed by atoms with E-state index in [4.69, 9.17) is 5.73 Å². The molecule has 3 heteroatoms. The maximum atomic E-state index is 5.74. The fourth-order valence-corrected chi connectivity index (χ4v) is 3.24. The third-order valence-electron chi connectivity index (χ3n) is 4.33. The Morgan fingerprint density at radius 1 is 0.944 bits per heavy atom. The van der Waals surface area contributed by atoms with Crippen LogP contribution in [0.2, 0.25) is 0 Å². The lowest BCUT2D eigenvalue weighted by atomic mass is 10.1. The Bertz CT molecular complexity index is 381. The van der Waals surface area contributed by atoms with Crippen molar-refractivity contribution in [3.05, 3.63) is 24.3 Å². The van der Waals surface area contributed by atoms with Gasteiger partial charge in [-0.3, -0.25) is 4.90 Å². The summed E-state index contributed by atoms with van der Waals surface area (Å²) < 4.78 is 0. The highest BCUT2D eigenvalue weighted by molar-refractivity contribution is 5.53. The number of nitrogens with two attached hydrogens (primary N) is 1. The van der Waals surface area contributed by atoms with E-state index in [2.05, 4.69) is 21.9 Å². The zero-order chi connectivity index (χ0) is 12.4. The van der Waals surface area contributed by atoms with E-state index in [1.165, 1.54) is 57.5 Å². The summed E-state index contributed by atoms with van der Waals surface area (Å²) in [7, 11) is 0. The van der Waals surface area contributed by atoms with Crippen LogP contribution < -0.4 is 10.6 Å². The van der Waals surface area contributed by atoms with Crippen LogP contribution in [0.5, 0.6) is 0 Å². The molecule has 1 unspecified atom stereocenters. The van der Waals surface area contributed by atoms with Gasteiger partial charge in [0.05, 0.1) is 0 Å². The number of rotatable bonds is 2. The summed E-state index contributed by atoms with van der Waals surface area (Å²) in [5.41, 5.74) is 7.92. The van der Waals surface area contributed by atoms with Crippen molar-refractivity contribution in [2.75, 3.05) is 36.8 Å². The Morgan fingerprint density at radius 3 is 2.39 bits per heavy atom. The minimum Gasteiger partial charge on any atom is -0.399 e. The van der Waals surface area contributed by atoms with Gasteiger partial charge in [-0.05, 0) is 56.6 Å². The van der Waals surface area contributed by atoms with Gasteiger partial charge >= 0.3 is 0 Å². The molecule has 0 saturated carbocycles. The summed E-state index contributed by atoms with van der Waals surface area (Å²) in [6.07, 6.45) is 5.51. The zero-order valence-electron chi connectivity index (χ0n) is 11.0. The number of hydrogen-bond acceptors (Lipinski definition) is 3. The van der Waals surface area contributed by atoms with E-state index < -0.39 is 0 Å². The molecule has 18 heavy (non-hydrogen) atoms. The highest BCUT2D eigenvalue weighted by Crippen LogP contribution is 2.25. The molecule has 2 saturated heterocycles. The van der Waals surface area contributed by atoms with Gasteiger partial charge in [0.25, 0.3) is 0 Å². The van der Waals surface area contributed by atoms with Crippen LogP contribution in [0.1, 0.15) is 25.7 Å². The molecule has 3 nitrogen and oxygen atoms in total.